The molecule has 0 amide bonds. The quantitative estimate of drug-likeness (QED) is 0.779. The summed E-state index contributed by atoms with van der Waals surface area (Å²) in [5, 5.41) is 8.70. The molecule has 0 N–H and O–H groups in total. The molecule has 0 aromatic heterocycles. The third kappa shape index (κ3) is 3.01. The average Bonchev–Trinajstić information content (AvgIpc) is 2.81. The SMILES string of the molecule is N#CC1CCCCC1S(=O)(=O)CC1CCCC1. The van der Waals surface area contributed by atoms with Crippen LogP contribution in [0.5, 0.6) is 0 Å². The van der Waals surface area contributed by atoms with E-state index in [1.165, 1.54) is 12.8 Å². The molecule has 96 valence electrons. The molecule has 0 bridgehead atoms. The van der Waals surface area contributed by atoms with E-state index in [4.69, 9.17) is 5.26 Å². The summed E-state index contributed by atoms with van der Waals surface area (Å²) < 4.78 is 24.7. The van der Waals surface area contributed by atoms with Crippen molar-refractivity contribution in [1.82, 2.24) is 0 Å². The lowest BCUT2D eigenvalue weighted by molar-refractivity contribution is 0.415. The summed E-state index contributed by atoms with van der Waals surface area (Å²) in [5.74, 6) is 0.437. The standard InChI is InChI=1S/C13H21NO2S/c14-9-12-7-3-4-8-13(12)17(15,16)10-11-5-1-2-6-11/h11-13H,1-8,10H2. The maximum Gasteiger partial charge on any atom is 0.154 e. The summed E-state index contributed by atoms with van der Waals surface area (Å²) in [5.41, 5.74) is 0. The molecule has 0 spiro atoms. The van der Waals surface area contributed by atoms with Crippen LogP contribution in [0.1, 0.15) is 51.4 Å². The summed E-state index contributed by atoms with van der Waals surface area (Å²) in [6.45, 7) is 0. The van der Waals surface area contributed by atoms with Crippen molar-refractivity contribution >= 4 is 9.84 Å². The van der Waals surface area contributed by atoms with Crippen molar-refractivity contribution in [3.63, 3.8) is 0 Å². The Morgan fingerprint density at radius 2 is 1.59 bits per heavy atom. The monoisotopic (exact) mass is 255 g/mol. The van der Waals surface area contributed by atoms with Crippen molar-refractivity contribution in [3.05, 3.63) is 0 Å². The van der Waals surface area contributed by atoms with Gasteiger partial charge < -0.3 is 0 Å². The van der Waals surface area contributed by atoms with Crippen molar-refractivity contribution in [3.8, 4) is 6.07 Å². The van der Waals surface area contributed by atoms with E-state index in [1.54, 1.807) is 0 Å². The van der Waals surface area contributed by atoms with Gasteiger partial charge in [0.2, 0.25) is 0 Å². The first-order valence-corrected chi connectivity index (χ1v) is 8.46. The Balaban J connectivity index is 2.05. The summed E-state index contributed by atoms with van der Waals surface area (Å²) in [6, 6.07) is 2.21. The van der Waals surface area contributed by atoms with Crippen LogP contribution in [0.25, 0.3) is 0 Å². The average molecular weight is 255 g/mol. The van der Waals surface area contributed by atoms with Crippen molar-refractivity contribution < 1.29 is 8.42 Å². The molecule has 2 rings (SSSR count). The van der Waals surface area contributed by atoms with Gasteiger partial charge in [-0.1, -0.05) is 25.7 Å². The van der Waals surface area contributed by atoms with Gasteiger partial charge in [-0.25, -0.2) is 8.42 Å². The molecule has 3 nitrogen and oxygen atoms in total. The van der Waals surface area contributed by atoms with Crippen LogP contribution in [0.2, 0.25) is 0 Å². The zero-order chi connectivity index (χ0) is 12.3. The number of nitrogens with zero attached hydrogens (tertiary/aromatic N) is 1. The predicted molar refractivity (Wildman–Crippen MR) is 67.1 cm³/mol. The van der Waals surface area contributed by atoms with Gasteiger partial charge in [0.25, 0.3) is 0 Å². The van der Waals surface area contributed by atoms with Crippen molar-refractivity contribution in [2.75, 3.05) is 5.75 Å². The maximum atomic E-state index is 12.4. The second-order valence-electron chi connectivity index (χ2n) is 5.54. The molecule has 17 heavy (non-hydrogen) atoms. The number of hydrogen-bond acceptors (Lipinski definition) is 3. The zero-order valence-corrected chi connectivity index (χ0v) is 11.1. The molecule has 2 saturated carbocycles. The molecule has 0 aliphatic heterocycles. The van der Waals surface area contributed by atoms with Crippen LogP contribution in [0.15, 0.2) is 0 Å². The highest BCUT2D eigenvalue weighted by molar-refractivity contribution is 7.92. The summed E-state index contributed by atoms with van der Waals surface area (Å²) in [7, 11) is -3.05. The van der Waals surface area contributed by atoms with Gasteiger partial charge in [0, 0.05) is 0 Å². The molecular weight excluding hydrogens is 234 g/mol. The highest BCUT2D eigenvalue weighted by Crippen LogP contribution is 2.33. The van der Waals surface area contributed by atoms with Gasteiger partial charge in [0.15, 0.2) is 9.84 Å². The van der Waals surface area contributed by atoms with Crippen LogP contribution in [-0.2, 0) is 9.84 Å². The fourth-order valence-electron chi connectivity index (χ4n) is 3.30. The van der Waals surface area contributed by atoms with E-state index in [0.717, 1.165) is 32.1 Å². The zero-order valence-electron chi connectivity index (χ0n) is 10.3. The highest BCUT2D eigenvalue weighted by atomic mass is 32.2. The van der Waals surface area contributed by atoms with Crippen LogP contribution in [0.3, 0.4) is 0 Å². The number of hydrogen-bond donors (Lipinski definition) is 0. The number of rotatable bonds is 3. The largest absolute Gasteiger partial charge is 0.228 e. The second kappa shape index (κ2) is 5.39. The lowest BCUT2D eigenvalue weighted by Crippen LogP contribution is -2.35. The van der Waals surface area contributed by atoms with Gasteiger partial charge in [0.05, 0.1) is 23.0 Å². The Morgan fingerprint density at radius 3 is 2.24 bits per heavy atom. The topological polar surface area (TPSA) is 57.9 Å². The second-order valence-corrected chi connectivity index (χ2v) is 7.80. The molecule has 0 saturated heterocycles. The third-order valence-corrected chi connectivity index (χ3v) is 6.70. The number of sulfone groups is 1. The van der Waals surface area contributed by atoms with E-state index in [2.05, 4.69) is 6.07 Å². The van der Waals surface area contributed by atoms with Gasteiger partial charge in [-0.3, -0.25) is 0 Å². The normalized spacial score (nSPS) is 31.2. The molecule has 2 aliphatic carbocycles. The molecule has 0 heterocycles. The molecule has 0 aromatic carbocycles. The Hall–Kier alpha value is -0.560. The lowest BCUT2D eigenvalue weighted by atomic mass is 9.90. The number of nitriles is 1. The fraction of sp³-hybridized carbons (Fsp3) is 0.923. The first-order valence-electron chi connectivity index (χ1n) is 6.74. The van der Waals surface area contributed by atoms with Crippen LogP contribution < -0.4 is 0 Å². The summed E-state index contributed by atoms with van der Waals surface area (Å²) in [6.07, 6.45) is 7.91. The van der Waals surface area contributed by atoms with Crippen molar-refractivity contribution in [1.29, 1.82) is 5.26 Å². The van der Waals surface area contributed by atoms with E-state index in [0.29, 0.717) is 18.1 Å². The summed E-state index contributed by atoms with van der Waals surface area (Å²) in [4.78, 5) is 0. The van der Waals surface area contributed by atoms with E-state index in [9.17, 15) is 8.42 Å². The minimum absolute atomic E-state index is 0.254. The lowest BCUT2D eigenvalue weighted by Gasteiger charge is -2.27. The van der Waals surface area contributed by atoms with Crippen molar-refractivity contribution in [2.45, 2.75) is 56.6 Å². The minimum atomic E-state index is -3.05. The molecule has 2 fully saturated rings. The van der Waals surface area contributed by atoms with Gasteiger partial charge in [-0.15, -0.1) is 0 Å². The molecule has 2 unspecified atom stereocenters. The molecule has 0 aromatic rings. The maximum absolute atomic E-state index is 12.4. The van der Waals surface area contributed by atoms with Gasteiger partial charge in [-0.2, -0.15) is 5.26 Å². The van der Waals surface area contributed by atoms with Crippen LogP contribution in [-0.4, -0.2) is 19.4 Å². The fourth-order valence-corrected chi connectivity index (χ4v) is 5.76. The van der Waals surface area contributed by atoms with Crippen LogP contribution >= 0.6 is 0 Å². The molecule has 0 radical (unpaired) electrons. The summed E-state index contributed by atoms with van der Waals surface area (Å²) >= 11 is 0. The Bertz CT molecular complexity index is 390. The Kier molecular flexibility index (Phi) is 4.09. The van der Waals surface area contributed by atoms with Crippen molar-refractivity contribution in [2.24, 2.45) is 11.8 Å². The third-order valence-electron chi connectivity index (χ3n) is 4.27. The van der Waals surface area contributed by atoms with Gasteiger partial charge in [-0.05, 0) is 31.6 Å². The highest BCUT2D eigenvalue weighted by Gasteiger charge is 2.37. The Morgan fingerprint density at radius 1 is 1.00 bits per heavy atom. The Labute approximate surface area is 104 Å². The first kappa shape index (κ1) is 12.9. The van der Waals surface area contributed by atoms with Gasteiger partial charge in [0.1, 0.15) is 0 Å². The molecule has 4 heteroatoms. The van der Waals surface area contributed by atoms with Crippen LogP contribution in [0, 0.1) is 23.2 Å². The first-order chi connectivity index (χ1) is 8.13. The van der Waals surface area contributed by atoms with E-state index < -0.39 is 9.84 Å². The van der Waals surface area contributed by atoms with E-state index in [-0.39, 0.29) is 11.2 Å². The molecular formula is C13H21NO2S. The van der Waals surface area contributed by atoms with Gasteiger partial charge >= 0.3 is 0 Å². The predicted octanol–water partition coefficient (Wildman–Crippen LogP) is 2.67. The minimum Gasteiger partial charge on any atom is -0.228 e. The molecule has 2 atom stereocenters. The van der Waals surface area contributed by atoms with Crippen LogP contribution in [0.4, 0.5) is 0 Å². The van der Waals surface area contributed by atoms with E-state index >= 15 is 0 Å². The molecule has 2 aliphatic rings. The van der Waals surface area contributed by atoms with E-state index in [1.807, 2.05) is 0 Å². The smallest absolute Gasteiger partial charge is 0.154 e.